The van der Waals surface area contributed by atoms with E-state index in [1.165, 1.54) is 0 Å². The van der Waals surface area contributed by atoms with Crippen LogP contribution in [-0.2, 0) is 9.53 Å². The minimum atomic E-state index is -4.87. The predicted octanol–water partition coefficient (Wildman–Crippen LogP) is 5.55. The molecule has 0 aromatic heterocycles. The number of alkyl halides is 6. The van der Waals surface area contributed by atoms with Gasteiger partial charge in [0.25, 0.3) is 0 Å². The normalized spacial score (nSPS) is 32.3. The molecule has 2 nitrogen and oxygen atoms in total. The molecule has 0 saturated heterocycles. The maximum absolute atomic E-state index is 13.9. The Labute approximate surface area is 149 Å². The minimum Gasteiger partial charge on any atom is -0.459 e. The molecule has 2 aliphatic carbocycles. The number of carbonyl (C=O) groups excluding carboxylic acids is 1. The van der Waals surface area contributed by atoms with E-state index >= 15 is 0 Å². The van der Waals surface area contributed by atoms with E-state index in [-0.39, 0.29) is 5.92 Å². The molecule has 0 spiro atoms. The van der Waals surface area contributed by atoms with Crippen LogP contribution in [0.15, 0.2) is 0 Å². The van der Waals surface area contributed by atoms with Crippen molar-refractivity contribution in [1.82, 2.24) is 0 Å². The fraction of sp³-hybridized carbons (Fsp3) is 0.944. The van der Waals surface area contributed by atoms with Gasteiger partial charge in [-0.05, 0) is 50.4 Å². The number of esters is 1. The minimum absolute atomic E-state index is 0.110. The topological polar surface area (TPSA) is 26.3 Å². The number of rotatable bonds is 7. The zero-order valence-electron chi connectivity index (χ0n) is 15.4. The molecule has 2 fully saturated rings. The Morgan fingerprint density at radius 3 is 2.08 bits per heavy atom. The maximum Gasteiger partial charge on any atom is 0.315 e. The number of carbonyl (C=O) groups is 1. The average molecular weight is 388 g/mol. The van der Waals surface area contributed by atoms with E-state index in [9.17, 15) is 31.1 Å². The van der Waals surface area contributed by atoms with Gasteiger partial charge in [-0.15, -0.1) is 0 Å². The Bertz CT molecular complexity index is 532. The van der Waals surface area contributed by atoms with Crippen molar-refractivity contribution in [3.8, 4) is 0 Å². The Hall–Kier alpha value is -0.950. The Balaban J connectivity index is 2.01. The molecule has 8 heteroatoms. The highest BCUT2D eigenvalue weighted by atomic mass is 19.3. The summed E-state index contributed by atoms with van der Waals surface area (Å²) in [5.74, 6) is -9.37. The number of hydrogen-bond acceptors (Lipinski definition) is 2. The molecule has 26 heavy (non-hydrogen) atoms. The van der Waals surface area contributed by atoms with Crippen LogP contribution in [0.1, 0.15) is 53.4 Å². The SMILES string of the molecule is CC1C2CC(C(=O)OC(C)(C)CC(F)(F)C(F)(F)CC(F)F)C(C2)C1C. The Kier molecular flexibility index (Phi) is 5.66. The van der Waals surface area contributed by atoms with Crippen molar-refractivity contribution in [2.45, 2.75) is 77.2 Å². The van der Waals surface area contributed by atoms with Gasteiger partial charge in [0.05, 0.1) is 18.8 Å². The van der Waals surface area contributed by atoms with E-state index in [0.29, 0.717) is 24.2 Å². The lowest BCUT2D eigenvalue weighted by molar-refractivity contribution is -0.245. The van der Waals surface area contributed by atoms with Crippen molar-refractivity contribution in [2.75, 3.05) is 0 Å². The van der Waals surface area contributed by atoms with Gasteiger partial charge in [0.2, 0.25) is 6.43 Å². The molecule has 0 radical (unpaired) electrons. The molecule has 2 rings (SSSR count). The molecule has 5 unspecified atom stereocenters. The first-order valence-corrected chi connectivity index (χ1v) is 8.93. The Morgan fingerprint density at radius 1 is 1.04 bits per heavy atom. The zero-order valence-corrected chi connectivity index (χ0v) is 15.4. The van der Waals surface area contributed by atoms with Gasteiger partial charge in [-0.2, -0.15) is 17.6 Å². The van der Waals surface area contributed by atoms with Gasteiger partial charge in [0, 0.05) is 0 Å². The summed E-state index contributed by atoms with van der Waals surface area (Å²) in [4.78, 5) is 12.4. The van der Waals surface area contributed by atoms with Crippen molar-refractivity contribution in [1.29, 1.82) is 0 Å². The van der Waals surface area contributed by atoms with E-state index < -0.39 is 48.6 Å². The molecule has 0 aliphatic heterocycles. The summed E-state index contributed by atoms with van der Waals surface area (Å²) in [6, 6.07) is 0. The summed E-state index contributed by atoms with van der Waals surface area (Å²) in [5, 5.41) is 0. The van der Waals surface area contributed by atoms with Gasteiger partial charge in [-0.3, -0.25) is 4.79 Å². The van der Waals surface area contributed by atoms with Crippen LogP contribution in [-0.4, -0.2) is 29.8 Å². The summed E-state index contributed by atoms with van der Waals surface area (Å²) in [7, 11) is 0. The third-order valence-corrected chi connectivity index (χ3v) is 6.17. The molecule has 2 saturated carbocycles. The van der Waals surface area contributed by atoms with Crippen molar-refractivity contribution in [2.24, 2.45) is 29.6 Å². The van der Waals surface area contributed by atoms with Gasteiger partial charge in [-0.1, -0.05) is 13.8 Å². The molecule has 152 valence electrons. The van der Waals surface area contributed by atoms with Crippen LogP contribution in [0.4, 0.5) is 26.3 Å². The largest absolute Gasteiger partial charge is 0.459 e. The van der Waals surface area contributed by atoms with Crippen LogP contribution in [0.25, 0.3) is 0 Å². The smallest absolute Gasteiger partial charge is 0.315 e. The fourth-order valence-electron chi connectivity index (χ4n) is 4.60. The molecule has 0 aromatic rings. The summed E-state index contributed by atoms with van der Waals surface area (Å²) in [6.45, 7) is 6.37. The molecular formula is C18H26F6O2. The second kappa shape index (κ2) is 6.89. The first-order chi connectivity index (χ1) is 11.7. The molecule has 0 heterocycles. The average Bonchev–Trinajstić information content (AvgIpc) is 2.96. The predicted molar refractivity (Wildman–Crippen MR) is 83.3 cm³/mol. The highest BCUT2D eigenvalue weighted by Gasteiger charge is 2.60. The summed E-state index contributed by atoms with van der Waals surface area (Å²) >= 11 is 0. The second-order valence-electron chi connectivity index (χ2n) is 8.58. The zero-order chi connectivity index (χ0) is 20.1. The van der Waals surface area contributed by atoms with E-state index in [1.807, 2.05) is 6.92 Å². The molecule has 0 amide bonds. The summed E-state index contributed by atoms with van der Waals surface area (Å²) in [5.41, 5.74) is -1.89. The van der Waals surface area contributed by atoms with Crippen LogP contribution in [0.5, 0.6) is 0 Å². The maximum atomic E-state index is 13.9. The lowest BCUT2D eigenvalue weighted by Gasteiger charge is -2.36. The van der Waals surface area contributed by atoms with Crippen LogP contribution in [0.2, 0.25) is 0 Å². The fourth-order valence-corrected chi connectivity index (χ4v) is 4.60. The monoisotopic (exact) mass is 388 g/mol. The molecule has 5 atom stereocenters. The third kappa shape index (κ3) is 4.14. The van der Waals surface area contributed by atoms with Crippen molar-refractivity contribution < 1.29 is 35.9 Å². The van der Waals surface area contributed by atoms with Crippen LogP contribution < -0.4 is 0 Å². The summed E-state index contributed by atoms with van der Waals surface area (Å²) in [6.07, 6.45) is -5.81. The lowest BCUT2D eigenvalue weighted by Crippen LogP contribution is -2.48. The molecule has 2 aliphatic rings. The van der Waals surface area contributed by atoms with Crippen molar-refractivity contribution in [3.05, 3.63) is 0 Å². The first kappa shape index (κ1) is 21.4. The van der Waals surface area contributed by atoms with Crippen LogP contribution >= 0.6 is 0 Å². The van der Waals surface area contributed by atoms with Gasteiger partial charge < -0.3 is 4.74 Å². The van der Waals surface area contributed by atoms with Crippen LogP contribution in [0.3, 0.4) is 0 Å². The van der Waals surface area contributed by atoms with Gasteiger partial charge in [-0.25, -0.2) is 8.78 Å². The van der Waals surface area contributed by atoms with Crippen LogP contribution in [0, 0.1) is 29.6 Å². The molecule has 0 N–H and O–H groups in total. The standard InChI is InChI=1S/C18H26F6O2/c1-9-10(2)12-5-11(9)6-13(12)15(25)26-16(3,4)8-18(23,24)17(21,22)7-14(19)20/h9-14H,5-8H2,1-4H3. The first-order valence-electron chi connectivity index (χ1n) is 8.93. The molecule has 2 bridgehead atoms. The molecule has 0 aromatic carbocycles. The third-order valence-electron chi connectivity index (χ3n) is 6.17. The Morgan fingerprint density at radius 2 is 1.62 bits per heavy atom. The number of halogens is 6. The quantitative estimate of drug-likeness (QED) is 0.422. The second-order valence-corrected chi connectivity index (χ2v) is 8.58. The van der Waals surface area contributed by atoms with Gasteiger partial charge in [0.15, 0.2) is 0 Å². The number of ether oxygens (including phenoxy) is 1. The number of hydrogen-bond donors (Lipinski definition) is 0. The van der Waals surface area contributed by atoms with E-state index in [2.05, 4.69) is 6.92 Å². The van der Waals surface area contributed by atoms with E-state index in [0.717, 1.165) is 20.3 Å². The van der Waals surface area contributed by atoms with Crippen molar-refractivity contribution >= 4 is 5.97 Å². The van der Waals surface area contributed by atoms with E-state index in [4.69, 9.17) is 4.74 Å². The molecular weight excluding hydrogens is 362 g/mol. The van der Waals surface area contributed by atoms with Crippen molar-refractivity contribution in [3.63, 3.8) is 0 Å². The number of fused-ring (bicyclic) bond motifs is 2. The lowest BCUT2D eigenvalue weighted by atomic mass is 9.76. The highest BCUT2D eigenvalue weighted by molar-refractivity contribution is 5.74. The summed E-state index contributed by atoms with van der Waals surface area (Å²) < 4.78 is 84.2. The van der Waals surface area contributed by atoms with Gasteiger partial charge in [0.1, 0.15) is 5.60 Å². The van der Waals surface area contributed by atoms with Gasteiger partial charge >= 0.3 is 17.8 Å². The van der Waals surface area contributed by atoms with E-state index in [1.54, 1.807) is 0 Å². The highest BCUT2D eigenvalue weighted by Crippen LogP contribution is 2.55.